The summed E-state index contributed by atoms with van der Waals surface area (Å²) >= 11 is 0. The number of hydrogen-bond acceptors (Lipinski definition) is 3. The predicted molar refractivity (Wildman–Crippen MR) is 127 cm³/mol. The molecule has 1 aliphatic heterocycles. The van der Waals surface area contributed by atoms with Gasteiger partial charge < -0.3 is 19.7 Å². The minimum atomic E-state index is -0.191. The van der Waals surface area contributed by atoms with Crippen LogP contribution in [0.5, 0.6) is 0 Å². The Morgan fingerprint density at radius 1 is 0.788 bits per heavy atom. The van der Waals surface area contributed by atoms with Crippen LogP contribution in [-0.4, -0.2) is 58.3 Å². The summed E-state index contributed by atoms with van der Waals surface area (Å²) in [5.41, 5.74) is 4.02. The predicted octanol–water partition coefficient (Wildman–Crippen LogP) is 3.34. The molecule has 2 heterocycles. The van der Waals surface area contributed by atoms with Crippen molar-refractivity contribution in [3.05, 3.63) is 89.2 Å². The van der Waals surface area contributed by atoms with Gasteiger partial charge in [0.1, 0.15) is 12.2 Å². The maximum atomic E-state index is 13.1. The highest BCUT2D eigenvalue weighted by Crippen LogP contribution is 2.15. The zero-order valence-corrected chi connectivity index (χ0v) is 19.0. The van der Waals surface area contributed by atoms with Crippen LogP contribution in [0.3, 0.4) is 0 Å². The number of carbonyl (C=O) groups is 3. The molecule has 7 nitrogen and oxygen atoms in total. The van der Waals surface area contributed by atoms with Crippen LogP contribution in [0.15, 0.2) is 66.9 Å². The number of aryl methyl sites for hydroxylation is 2. The number of hydrogen-bond donors (Lipinski definition) is 1. The van der Waals surface area contributed by atoms with Crippen molar-refractivity contribution in [2.75, 3.05) is 31.5 Å². The summed E-state index contributed by atoms with van der Waals surface area (Å²) < 4.78 is 1.67. The van der Waals surface area contributed by atoms with E-state index >= 15 is 0 Å². The van der Waals surface area contributed by atoms with E-state index in [1.165, 1.54) is 0 Å². The van der Waals surface area contributed by atoms with E-state index in [-0.39, 0.29) is 24.3 Å². The molecule has 1 fully saturated rings. The number of nitrogens with one attached hydrogen (secondary N) is 1. The van der Waals surface area contributed by atoms with E-state index in [4.69, 9.17) is 0 Å². The molecule has 3 amide bonds. The largest absolute Gasteiger partial charge is 0.335 e. The van der Waals surface area contributed by atoms with Crippen LogP contribution in [0, 0.1) is 13.8 Å². The molecule has 4 rings (SSSR count). The number of rotatable bonds is 5. The first-order valence-corrected chi connectivity index (χ1v) is 11.1. The van der Waals surface area contributed by atoms with Crippen molar-refractivity contribution in [2.45, 2.75) is 20.4 Å². The van der Waals surface area contributed by atoms with E-state index < -0.39 is 0 Å². The number of anilines is 1. The van der Waals surface area contributed by atoms with Crippen molar-refractivity contribution in [1.29, 1.82) is 0 Å². The maximum Gasteiger partial charge on any atom is 0.270 e. The molecule has 0 spiro atoms. The fourth-order valence-corrected chi connectivity index (χ4v) is 4.19. The highest BCUT2D eigenvalue weighted by Gasteiger charge is 2.27. The van der Waals surface area contributed by atoms with Crippen LogP contribution in [0.1, 0.15) is 32.0 Å². The molecule has 0 bridgehead atoms. The number of nitrogens with zero attached hydrogens (tertiary/aromatic N) is 3. The van der Waals surface area contributed by atoms with Crippen molar-refractivity contribution >= 4 is 23.4 Å². The number of carbonyl (C=O) groups excluding carboxylic acids is 3. The summed E-state index contributed by atoms with van der Waals surface area (Å²) in [4.78, 5) is 41.9. The molecule has 0 radical (unpaired) electrons. The van der Waals surface area contributed by atoms with Crippen LogP contribution >= 0.6 is 0 Å². The lowest BCUT2D eigenvalue weighted by molar-refractivity contribution is -0.116. The molecule has 3 aromatic rings. The zero-order chi connectivity index (χ0) is 23.4. The standard InChI is InChI=1S/C26H28N4O3/c1-19-15-20(2)17-22(16-19)27-24(31)18-30-10-6-9-23(30)26(33)29-13-11-28(12-14-29)25(32)21-7-4-3-5-8-21/h3-10,15-17H,11-14,18H2,1-2H3,(H,27,31). The van der Waals surface area contributed by atoms with Gasteiger partial charge in [-0.3, -0.25) is 14.4 Å². The second kappa shape index (κ2) is 9.73. The minimum absolute atomic E-state index is 0.0193. The van der Waals surface area contributed by atoms with E-state index in [2.05, 4.69) is 5.32 Å². The van der Waals surface area contributed by atoms with Crippen LogP contribution in [-0.2, 0) is 11.3 Å². The van der Waals surface area contributed by atoms with Crippen molar-refractivity contribution in [1.82, 2.24) is 14.4 Å². The van der Waals surface area contributed by atoms with Crippen LogP contribution in [0.4, 0.5) is 5.69 Å². The first-order valence-electron chi connectivity index (χ1n) is 11.1. The summed E-state index contributed by atoms with van der Waals surface area (Å²) in [7, 11) is 0. The summed E-state index contributed by atoms with van der Waals surface area (Å²) in [5.74, 6) is -0.344. The van der Waals surface area contributed by atoms with Gasteiger partial charge in [-0.15, -0.1) is 0 Å². The molecule has 0 saturated carbocycles. The highest BCUT2D eigenvalue weighted by molar-refractivity contribution is 5.96. The van der Waals surface area contributed by atoms with Gasteiger partial charge in [-0.05, 0) is 61.4 Å². The Hall–Kier alpha value is -3.87. The van der Waals surface area contributed by atoms with Gasteiger partial charge in [0.25, 0.3) is 11.8 Å². The lowest BCUT2D eigenvalue weighted by atomic mass is 10.1. The van der Waals surface area contributed by atoms with Gasteiger partial charge in [-0.25, -0.2) is 0 Å². The van der Waals surface area contributed by atoms with Gasteiger partial charge in [0, 0.05) is 43.6 Å². The average Bonchev–Trinajstić information content (AvgIpc) is 3.26. The lowest BCUT2D eigenvalue weighted by Gasteiger charge is -2.35. The Balaban J connectivity index is 1.36. The molecule has 2 aromatic carbocycles. The van der Waals surface area contributed by atoms with Gasteiger partial charge in [0.15, 0.2) is 0 Å². The second-order valence-corrected chi connectivity index (χ2v) is 8.40. The third kappa shape index (κ3) is 5.31. The second-order valence-electron chi connectivity index (χ2n) is 8.40. The molecule has 0 atom stereocenters. The smallest absolute Gasteiger partial charge is 0.270 e. The fourth-order valence-electron chi connectivity index (χ4n) is 4.19. The molecule has 1 aliphatic rings. The van der Waals surface area contributed by atoms with Crippen molar-refractivity contribution in [3.63, 3.8) is 0 Å². The van der Waals surface area contributed by atoms with E-state index in [1.807, 2.05) is 50.2 Å². The van der Waals surface area contributed by atoms with Crippen molar-refractivity contribution < 1.29 is 14.4 Å². The molecule has 0 aliphatic carbocycles. The Morgan fingerprint density at radius 3 is 2.03 bits per heavy atom. The van der Waals surface area contributed by atoms with Gasteiger partial charge in [0.2, 0.25) is 5.91 Å². The normalized spacial score (nSPS) is 13.6. The molecule has 33 heavy (non-hydrogen) atoms. The molecule has 1 saturated heterocycles. The number of aromatic nitrogens is 1. The Kier molecular flexibility index (Phi) is 6.58. The van der Waals surface area contributed by atoms with Gasteiger partial charge in [-0.1, -0.05) is 24.3 Å². The molecule has 170 valence electrons. The molecule has 1 N–H and O–H groups in total. The van der Waals surface area contributed by atoms with Crippen LogP contribution in [0.25, 0.3) is 0 Å². The van der Waals surface area contributed by atoms with Crippen molar-refractivity contribution in [3.8, 4) is 0 Å². The van der Waals surface area contributed by atoms with Gasteiger partial charge in [-0.2, -0.15) is 0 Å². The first-order chi connectivity index (χ1) is 15.9. The lowest BCUT2D eigenvalue weighted by Crippen LogP contribution is -2.51. The Morgan fingerprint density at radius 2 is 1.39 bits per heavy atom. The third-order valence-corrected chi connectivity index (χ3v) is 5.74. The summed E-state index contributed by atoms with van der Waals surface area (Å²) in [5, 5.41) is 2.91. The van der Waals surface area contributed by atoms with Crippen LogP contribution < -0.4 is 5.32 Å². The zero-order valence-electron chi connectivity index (χ0n) is 19.0. The van der Waals surface area contributed by atoms with E-state index in [9.17, 15) is 14.4 Å². The quantitative estimate of drug-likeness (QED) is 0.656. The highest BCUT2D eigenvalue weighted by atomic mass is 16.2. The Bertz CT molecular complexity index is 1140. The Labute approximate surface area is 193 Å². The van der Waals surface area contributed by atoms with E-state index in [1.54, 1.807) is 44.8 Å². The number of benzene rings is 2. The molecule has 1 aromatic heterocycles. The number of amides is 3. The monoisotopic (exact) mass is 444 g/mol. The third-order valence-electron chi connectivity index (χ3n) is 5.74. The summed E-state index contributed by atoms with van der Waals surface area (Å²) in [6.45, 7) is 5.89. The van der Waals surface area contributed by atoms with Gasteiger partial charge in [0.05, 0.1) is 0 Å². The summed E-state index contributed by atoms with van der Waals surface area (Å²) in [6, 6.07) is 18.6. The van der Waals surface area contributed by atoms with Crippen molar-refractivity contribution in [2.24, 2.45) is 0 Å². The maximum absolute atomic E-state index is 13.1. The molecule has 0 unspecified atom stereocenters. The first kappa shape index (κ1) is 22.3. The van der Waals surface area contributed by atoms with Crippen LogP contribution in [0.2, 0.25) is 0 Å². The van der Waals surface area contributed by atoms with E-state index in [0.29, 0.717) is 37.4 Å². The minimum Gasteiger partial charge on any atom is -0.335 e. The van der Waals surface area contributed by atoms with E-state index in [0.717, 1.165) is 16.8 Å². The molecular formula is C26H28N4O3. The van der Waals surface area contributed by atoms with Gasteiger partial charge >= 0.3 is 0 Å². The molecule has 7 heteroatoms. The summed E-state index contributed by atoms with van der Waals surface area (Å²) in [6.07, 6.45) is 1.74. The fraction of sp³-hybridized carbons (Fsp3) is 0.269. The average molecular weight is 445 g/mol. The number of piperazine rings is 1. The molecular weight excluding hydrogens is 416 g/mol. The SMILES string of the molecule is Cc1cc(C)cc(NC(=O)Cn2cccc2C(=O)N2CCN(C(=O)c3ccccc3)CC2)c1. The topological polar surface area (TPSA) is 74.7 Å².